The maximum absolute atomic E-state index is 13.3. The molecule has 3 rings (SSSR count). The van der Waals surface area contributed by atoms with Gasteiger partial charge in [-0.1, -0.05) is 22.8 Å². The molecule has 0 spiro atoms. The van der Waals surface area contributed by atoms with Crippen LogP contribution in [0.4, 0.5) is 4.39 Å². The molecule has 0 amide bonds. The van der Waals surface area contributed by atoms with Gasteiger partial charge in [-0.15, -0.1) is 0 Å². The molecule has 8 heteroatoms. The van der Waals surface area contributed by atoms with E-state index in [4.69, 9.17) is 4.63 Å². The van der Waals surface area contributed by atoms with Gasteiger partial charge in [0.05, 0.1) is 10.9 Å². The van der Waals surface area contributed by atoms with Crippen LogP contribution in [-0.2, 0) is 17.6 Å². The number of halogens is 2. The van der Waals surface area contributed by atoms with Crippen LogP contribution in [0.15, 0.2) is 32.5 Å². The predicted molar refractivity (Wildman–Crippen MR) is 86.5 cm³/mol. The van der Waals surface area contributed by atoms with E-state index in [0.717, 1.165) is 24.8 Å². The molecule has 2 aromatic rings. The van der Waals surface area contributed by atoms with Crippen LogP contribution in [0.2, 0.25) is 0 Å². The second kappa shape index (κ2) is 7.21. The SMILES string of the molecule is O=C(Cc1nonc1C(Cc1ccc(F)c(Br)c1)=NO)C1CCC1. The molecular weight excluding hydrogens is 381 g/mol. The van der Waals surface area contributed by atoms with Crippen molar-refractivity contribution in [2.24, 2.45) is 11.1 Å². The second-order valence-electron chi connectivity index (χ2n) is 5.80. The Morgan fingerprint density at radius 3 is 2.79 bits per heavy atom. The van der Waals surface area contributed by atoms with Crippen LogP contribution in [0.3, 0.4) is 0 Å². The average molecular weight is 396 g/mol. The van der Waals surface area contributed by atoms with Gasteiger partial charge in [0, 0.05) is 12.3 Å². The molecular formula is C16H15BrFN3O3. The summed E-state index contributed by atoms with van der Waals surface area (Å²) in [5, 5.41) is 20.1. The summed E-state index contributed by atoms with van der Waals surface area (Å²) < 4.78 is 18.4. The van der Waals surface area contributed by atoms with Gasteiger partial charge in [0.15, 0.2) is 5.69 Å². The van der Waals surface area contributed by atoms with Crippen molar-refractivity contribution in [1.29, 1.82) is 0 Å². The number of hydrogen-bond donors (Lipinski definition) is 1. The third kappa shape index (κ3) is 3.53. The standard InChI is InChI=1S/C16H15BrFN3O3/c17-11-6-9(4-5-12(11)18)7-13(19-23)16-14(20-24-21-16)8-15(22)10-2-1-3-10/h4-6,10,23H,1-3,7-8H2. The smallest absolute Gasteiger partial charge is 0.156 e. The monoisotopic (exact) mass is 395 g/mol. The number of carbonyl (C=O) groups excluding carboxylic acids is 1. The largest absolute Gasteiger partial charge is 0.411 e. The lowest BCUT2D eigenvalue weighted by atomic mass is 9.80. The molecule has 0 atom stereocenters. The molecule has 1 aliphatic carbocycles. The average Bonchev–Trinajstić information content (AvgIpc) is 2.94. The van der Waals surface area contributed by atoms with Gasteiger partial charge in [-0.05, 0) is 51.6 Å². The Morgan fingerprint density at radius 1 is 1.38 bits per heavy atom. The van der Waals surface area contributed by atoms with Crippen molar-refractivity contribution in [1.82, 2.24) is 10.3 Å². The highest BCUT2D eigenvalue weighted by atomic mass is 79.9. The van der Waals surface area contributed by atoms with E-state index in [9.17, 15) is 14.4 Å². The summed E-state index contributed by atoms with van der Waals surface area (Å²) in [6.45, 7) is 0. The first-order valence-electron chi connectivity index (χ1n) is 7.58. The van der Waals surface area contributed by atoms with Gasteiger partial charge in [-0.25, -0.2) is 9.02 Å². The van der Waals surface area contributed by atoms with E-state index >= 15 is 0 Å². The fourth-order valence-electron chi connectivity index (χ4n) is 2.59. The van der Waals surface area contributed by atoms with Crippen LogP contribution < -0.4 is 0 Å². The zero-order valence-electron chi connectivity index (χ0n) is 12.7. The van der Waals surface area contributed by atoms with E-state index < -0.39 is 0 Å². The molecule has 6 nitrogen and oxygen atoms in total. The fraction of sp³-hybridized carbons (Fsp3) is 0.375. The number of nitrogens with zero attached hydrogens (tertiary/aromatic N) is 3. The number of aromatic nitrogens is 2. The first kappa shape index (κ1) is 16.8. The highest BCUT2D eigenvalue weighted by Crippen LogP contribution is 2.28. The molecule has 0 unspecified atom stereocenters. The van der Waals surface area contributed by atoms with Gasteiger partial charge in [-0.2, -0.15) is 0 Å². The minimum atomic E-state index is -0.379. The van der Waals surface area contributed by atoms with Gasteiger partial charge in [0.2, 0.25) is 0 Å². The Bertz CT molecular complexity index is 787. The van der Waals surface area contributed by atoms with Crippen molar-refractivity contribution in [3.63, 3.8) is 0 Å². The third-order valence-corrected chi connectivity index (χ3v) is 4.82. The van der Waals surface area contributed by atoms with Crippen LogP contribution in [0.1, 0.15) is 36.2 Å². The van der Waals surface area contributed by atoms with Gasteiger partial charge < -0.3 is 5.21 Å². The van der Waals surface area contributed by atoms with E-state index in [1.165, 1.54) is 6.07 Å². The number of Topliss-reactive ketones (excluding diaryl/α,β-unsaturated/α-hetero) is 1. The molecule has 0 bridgehead atoms. The molecule has 0 aliphatic heterocycles. The van der Waals surface area contributed by atoms with Crippen LogP contribution in [0.5, 0.6) is 0 Å². The Labute approximate surface area is 145 Å². The quantitative estimate of drug-likeness (QED) is 0.460. The van der Waals surface area contributed by atoms with E-state index in [1.807, 2.05) is 0 Å². The Hall–Kier alpha value is -2.09. The van der Waals surface area contributed by atoms with Crippen LogP contribution in [-0.4, -0.2) is 27.0 Å². The van der Waals surface area contributed by atoms with Crippen molar-refractivity contribution < 1.29 is 19.0 Å². The normalized spacial score (nSPS) is 15.3. The maximum atomic E-state index is 13.3. The molecule has 1 fully saturated rings. The Balaban J connectivity index is 1.77. The minimum absolute atomic E-state index is 0.0807. The number of benzene rings is 1. The van der Waals surface area contributed by atoms with E-state index in [-0.39, 0.29) is 41.8 Å². The molecule has 1 saturated carbocycles. The molecule has 0 radical (unpaired) electrons. The predicted octanol–water partition coefficient (Wildman–Crippen LogP) is 3.30. The first-order chi connectivity index (χ1) is 11.6. The minimum Gasteiger partial charge on any atom is -0.411 e. The Morgan fingerprint density at radius 2 is 2.17 bits per heavy atom. The first-order valence-corrected chi connectivity index (χ1v) is 8.37. The van der Waals surface area contributed by atoms with Crippen LogP contribution >= 0.6 is 15.9 Å². The third-order valence-electron chi connectivity index (χ3n) is 4.21. The van der Waals surface area contributed by atoms with Gasteiger partial charge in [0.1, 0.15) is 23.0 Å². The zero-order chi connectivity index (χ0) is 17.1. The zero-order valence-corrected chi connectivity index (χ0v) is 14.3. The van der Waals surface area contributed by atoms with Crippen molar-refractivity contribution in [2.75, 3.05) is 0 Å². The van der Waals surface area contributed by atoms with Crippen molar-refractivity contribution in [3.05, 3.63) is 45.4 Å². The van der Waals surface area contributed by atoms with Crippen molar-refractivity contribution in [3.8, 4) is 0 Å². The van der Waals surface area contributed by atoms with E-state index in [2.05, 4.69) is 31.4 Å². The lowest BCUT2D eigenvalue weighted by molar-refractivity contribution is -0.124. The Kier molecular flexibility index (Phi) is 5.03. The maximum Gasteiger partial charge on any atom is 0.156 e. The molecule has 126 valence electrons. The molecule has 24 heavy (non-hydrogen) atoms. The number of ketones is 1. The molecule has 1 aromatic carbocycles. The number of oxime groups is 1. The number of rotatable bonds is 6. The summed E-state index contributed by atoms with van der Waals surface area (Å²) >= 11 is 3.12. The molecule has 1 aliphatic rings. The molecule has 1 heterocycles. The van der Waals surface area contributed by atoms with E-state index in [1.54, 1.807) is 12.1 Å². The van der Waals surface area contributed by atoms with Crippen LogP contribution in [0, 0.1) is 11.7 Å². The fourth-order valence-corrected chi connectivity index (χ4v) is 3.02. The topological polar surface area (TPSA) is 88.6 Å². The second-order valence-corrected chi connectivity index (χ2v) is 6.66. The lowest BCUT2D eigenvalue weighted by Crippen LogP contribution is -2.24. The highest BCUT2D eigenvalue weighted by Gasteiger charge is 2.28. The van der Waals surface area contributed by atoms with Gasteiger partial charge >= 0.3 is 0 Å². The molecule has 0 saturated heterocycles. The van der Waals surface area contributed by atoms with Crippen molar-refractivity contribution in [2.45, 2.75) is 32.1 Å². The molecule has 1 aromatic heterocycles. The summed E-state index contributed by atoms with van der Waals surface area (Å²) in [7, 11) is 0. The summed E-state index contributed by atoms with van der Waals surface area (Å²) in [6.07, 6.45) is 3.20. The number of hydrogen-bond acceptors (Lipinski definition) is 6. The molecule has 1 N–H and O–H groups in total. The van der Waals surface area contributed by atoms with Crippen LogP contribution in [0.25, 0.3) is 0 Å². The van der Waals surface area contributed by atoms with Gasteiger partial charge in [-0.3, -0.25) is 4.79 Å². The van der Waals surface area contributed by atoms with Gasteiger partial charge in [0.25, 0.3) is 0 Å². The van der Waals surface area contributed by atoms with Crippen molar-refractivity contribution >= 4 is 27.4 Å². The van der Waals surface area contributed by atoms with E-state index in [0.29, 0.717) is 10.2 Å². The number of carbonyl (C=O) groups is 1. The lowest BCUT2D eigenvalue weighted by Gasteiger charge is -2.23. The summed E-state index contributed by atoms with van der Waals surface area (Å²) in [5.74, 6) is -0.201. The summed E-state index contributed by atoms with van der Waals surface area (Å²) in [4.78, 5) is 12.1. The summed E-state index contributed by atoms with van der Waals surface area (Å²) in [5.41, 5.74) is 1.55. The summed E-state index contributed by atoms with van der Waals surface area (Å²) in [6, 6.07) is 4.49. The highest BCUT2D eigenvalue weighted by molar-refractivity contribution is 9.10.